The topological polar surface area (TPSA) is 33.7 Å². The summed E-state index contributed by atoms with van der Waals surface area (Å²) < 4.78 is 24.9. The normalized spacial score (nSPS) is 11.2. The highest BCUT2D eigenvalue weighted by molar-refractivity contribution is 6.31. The summed E-state index contributed by atoms with van der Waals surface area (Å²) in [4.78, 5) is 2.58. The van der Waals surface area contributed by atoms with Crippen molar-refractivity contribution in [3.8, 4) is 11.5 Å². The molecule has 0 aliphatic carbocycles. The molecule has 2 aromatic rings. The number of hydrogen-bond donors (Lipinski definition) is 1. The van der Waals surface area contributed by atoms with E-state index in [-0.39, 0.29) is 12.4 Å². The Labute approximate surface area is 198 Å². The molecule has 6 heteroatoms. The molecule has 0 saturated heterocycles. The summed E-state index contributed by atoms with van der Waals surface area (Å²) in [6.45, 7) is 9.87. The smallest absolute Gasteiger partial charge is 0.166 e. The van der Waals surface area contributed by atoms with E-state index in [9.17, 15) is 4.39 Å². The Morgan fingerprint density at radius 1 is 0.969 bits per heavy atom. The van der Waals surface area contributed by atoms with Gasteiger partial charge in [0.15, 0.2) is 11.5 Å². The molecule has 178 valence electrons. The van der Waals surface area contributed by atoms with Crippen molar-refractivity contribution in [1.29, 1.82) is 0 Å². The van der Waals surface area contributed by atoms with Crippen molar-refractivity contribution in [2.45, 2.75) is 59.1 Å². The van der Waals surface area contributed by atoms with Gasteiger partial charge in [0.1, 0.15) is 12.4 Å². The van der Waals surface area contributed by atoms with E-state index in [1.165, 1.54) is 50.9 Å². The Morgan fingerprint density at radius 2 is 1.69 bits per heavy atom. The van der Waals surface area contributed by atoms with Crippen LogP contribution in [0.5, 0.6) is 11.5 Å². The first-order valence-corrected chi connectivity index (χ1v) is 12.1. The monoisotopic (exact) mass is 464 g/mol. The zero-order valence-corrected chi connectivity index (χ0v) is 20.5. The van der Waals surface area contributed by atoms with Gasteiger partial charge in [0.2, 0.25) is 0 Å². The fraction of sp³-hybridized carbons (Fsp3) is 0.538. The second kappa shape index (κ2) is 15.1. The van der Waals surface area contributed by atoms with Crippen LogP contribution in [0.3, 0.4) is 0 Å². The first kappa shape index (κ1) is 26.4. The molecule has 0 bridgehead atoms. The first-order valence-electron chi connectivity index (χ1n) is 11.7. The third-order valence-electron chi connectivity index (χ3n) is 5.47. The number of methoxy groups -OCH3 is 1. The second-order valence-electron chi connectivity index (χ2n) is 8.05. The van der Waals surface area contributed by atoms with Crippen LogP contribution in [0.1, 0.15) is 57.1 Å². The number of para-hydroxylation sites is 1. The summed E-state index contributed by atoms with van der Waals surface area (Å²) >= 11 is 6.15. The fourth-order valence-corrected chi connectivity index (χ4v) is 3.79. The molecule has 32 heavy (non-hydrogen) atoms. The summed E-state index contributed by atoms with van der Waals surface area (Å²) in [5, 5.41) is 3.90. The number of hydrogen-bond acceptors (Lipinski definition) is 4. The molecular formula is C26H38ClFN2O2. The summed E-state index contributed by atoms with van der Waals surface area (Å²) in [7, 11) is 1.63. The largest absolute Gasteiger partial charge is 0.493 e. The van der Waals surface area contributed by atoms with E-state index < -0.39 is 0 Å². The van der Waals surface area contributed by atoms with Gasteiger partial charge in [0, 0.05) is 17.7 Å². The van der Waals surface area contributed by atoms with Crippen molar-refractivity contribution in [3.05, 3.63) is 58.4 Å². The second-order valence-corrected chi connectivity index (χ2v) is 8.46. The maximum absolute atomic E-state index is 13.3. The lowest BCUT2D eigenvalue weighted by atomic mass is 10.1. The molecule has 0 saturated carbocycles. The summed E-state index contributed by atoms with van der Waals surface area (Å²) in [5.41, 5.74) is 1.76. The summed E-state index contributed by atoms with van der Waals surface area (Å²) in [6.07, 6.45) is 6.11. The van der Waals surface area contributed by atoms with Gasteiger partial charge in [-0.2, -0.15) is 0 Å². The molecule has 0 aromatic heterocycles. The Bertz CT molecular complexity index is 795. The molecule has 0 fully saturated rings. The van der Waals surface area contributed by atoms with Crippen LogP contribution >= 0.6 is 11.6 Å². The van der Waals surface area contributed by atoms with E-state index in [0.717, 1.165) is 30.6 Å². The van der Waals surface area contributed by atoms with Crippen LogP contribution in [0.4, 0.5) is 4.39 Å². The Morgan fingerprint density at radius 3 is 2.34 bits per heavy atom. The number of rotatable bonds is 16. The van der Waals surface area contributed by atoms with Crippen molar-refractivity contribution in [2.75, 3.05) is 33.3 Å². The van der Waals surface area contributed by atoms with Crippen LogP contribution in [0.15, 0.2) is 36.4 Å². The average Bonchev–Trinajstić information content (AvgIpc) is 2.79. The Balaban J connectivity index is 1.89. The fourth-order valence-electron chi connectivity index (χ4n) is 3.56. The third-order valence-corrected chi connectivity index (χ3v) is 5.82. The molecule has 1 N–H and O–H groups in total. The van der Waals surface area contributed by atoms with Gasteiger partial charge in [-0.3, -0.25) is 0 Å². The lowest BCUT2D eigenvalue weighted by molar-refractivity contribution is 0.260. The molecule has 2 rings (SSSR count). The Hall–Kier alpha value is -1.82. The van der Waals surface area contributed by atoms with Crippen LogP contribution in [0, 0.1) is 5.82 Å². The molecular weight excluding hydrogens is 427 g/mol. The maximum atomic E-state index is 13.3. The molecule has 0 heterocycles. The van der Waals surface area contributed by atoms with Gasteiger partial charge in [-0.05, 0) is 63.6 Å². The van der Waals surface area contributed by atoms with Crippen molar-refractivity contribution in [3.63, 3.8) is 0 Å². The number of nitrogens with one attached hydrogen (secondary N) is 1. The van der Waals surface area contributed by atoms with E-state index in [4.69, 9.17) is 21.1 Å². The zero-order valence-electron chi connectivity index (χ0n) is 19.8. The van der Waals surface area contributed by atoms with Gasteiger partial charge in [0.25, 0.3) is 0 Å². The Kier molecular flexibility index (Phi) is 12.5. The van der Waals surface area contributed by atoms with Gasteiger partial charge in [-0.15, -0.1) is 0 Å². The molecule has 0 aliphatic rings. The predicted octanol–water partition coefficient (Wildman–Crippen LogP) is 6.45. The minimum absolute atomic E-state index is 0.246. The molecule has 0 spiro atoms. The van der Waals surface area contributed by atoms with Crippen LogP contribution in [0.2, 0.25) is 5.02 Å². The van der Waals surface area contributed by atoms with E-state index in [1.807, 2.05) is 18.2 Å². The lowest BCUT2D eigenvalue weighted by Gasteiger charge is -2.22. The number of unbranched alkanes of at least 4 members (excludes halogenated alkanes) is 2. The van der Waals surface area contributed by atoms with Crippen LogP contribution in [-0.2, 0) is 13.2 Å². The highest BCUT2D eigenvalue weighted by Crippen LogP contribution is 2.32. The molecule has 4 nitrogen and oxygen atoms in total. The molecule has 0 unspecified atom stereocenters. The number of benzene rings is 2. The third kappa shape index (κ3) is 8.97. The SMILES string of the molecule is CCCCN(CCCC)CCCNCc1cccc(OC)c1OCc1ccc(F)cc1Cl. The van der Waals surface area contributed by atoms with E-state index in [0.29, 0.717) is 23.1 Å². The minimum Gasteiger partial charge on any atom is -0.493 e. The molecule has 2 aromatic carbocycles. The molecule has 0 atom stereocenters. The summed E-state index contributed by atoms with van der Waals surface area (Å²) in [5.74, 6) is 1.01. The van der Waals surface area contributed by atoms with Gasteiger partial charge in [-0.25, -0.2) is 4.39 Å². The lowest BCUT2D eigenvalue weighted by Crippen LogP contribution is -2.29. The highest BCUT2D eigenvalue weighted by atomic mass is 35.5. The van der Waals surface area contributed by atoms with E-state index in [2.05, 4.69) is 24.1 Å². The maximum Gasteiger partial charge on any atom is 0.166 e. The van der Waals surface area contributed by atoms with Crippen molar-refractivity contribution in [1.82, 2.24) is 10.2 Å². The zero-order chi connectivity index (χ0) is 23.2. The van der Waals surface area contributed by atoms with Crippen LogP contribution < -0.4 is 14.8 Å². The predicted molar refractivity (Wildman–Crippen MR) is 131 cm³/mol. The van der Waals surface area contributed by atoms with E-state index in [1.54, 1.807) is 13.2 Å². The first-order chi connectivity index (χ1) is 15.6. The van der Waals surface area contributed by atoms with E-state index >= 15 is 0 Å². The number of halogens is 2. The van der Waals surface area contributed by atoms with Gasteiger partial charge in [-0.1, -0.05) is 56.5 Å². The molecule has 0 amide bonds. The number of nitrogens with zero attached hydrogens (tertiary/aromatic N) is 1. The van der Waals surface area contributed by atoms with Crippen molar-refractivity contribution < 1.29 is 13.9 Å². The minimum atomic E-state index is -0.358. The molecule has 0 radical (unpaired) electrons. The van der Waals surface area contributed by atoms with Gasteiger partial charge < -0.3 is 19.7 Å². The van der Waals surface area contributed by atoms with Gasteiger partial charge >= 0.3 is 0 Å². The van der Waals surface area contributed by atoms with Crippen LogP contribution in [0.25, 0.3) is 0 Å². The van der Waals surface area contributed by atoms with Crippen molar-refractivity contribution >= 4 is 11.6 Å². The molecule has 0 aliphatic heterocycles. The van der Waals surface area contributed by atoms with Gasteiger partial charge in [0.05, 0.1) is 12.1 Å². The van der Waals surface area contributed by atoms with Crippen LogP contribution in [-0.4, -0.2) is 38.2 Å². The standard InChI is InChI=1S/C26H38ClFN2O2/c1-4-6-15-30(16-7-5-2)17-9-14-29-19-21-10-8-11-25(31-3)26(21)32-20-22-12-13-23(28)18-24(22)27/h8,10-13,18,29H,4-7,9,14-17,19-20H2,1-3H3. The average molecular weight is 465 g/mol. The van der Waals surface area contributed by atoms with Crippen molar-refractivity contribution in [2.24, 2.45) is 0 Å². The highest BCUT2D eigenvalue weighted by Gasteiger charge is 2.12. The quantitative estimate of drug-likeness (QED) is 0.289. The number of ether oxygens (including phenoxy) is 2. The summed E-state index contributed by atoms with van der Waals surface area (Å²) in [6, 6.07) is 10.2.